The molecule has 0 amide bonds. The van der Waals surface area contributed by atoms with Crippen LogP contribution in [0.4, 0.5) is 5.69 Å². The van der Waals surface area contributed by atoms with Crippen LogP contribution in [0.3, 0.4) is 0 Å². The first kappa shape index (κ1) is 12.9. The molecule has 0 spiro atoms. The summed E-state index contributed by atoms with van der Waals surface area (Å²) in [6.45, 7) is 2.68. The van der Waals surface area contributed by atoms with Crippen molar-refractivity contribution >= 4 is 5.69 Å². The summed E-state index contributed by atoms with van der Waals surface area (Å²) in [5.41, 5.74) is 2.34. The molecule has 0 saturated heterocycles. The summed E-state index contributed by atoms with van der Waals surface area (Å²) in [7, 11) is 0. The van der Waals surface area contributed by atoms with Crippen LogP contribution >= 0.6 is 0 Å². The second-order valence-corrected chi connectivity index (χ2v) is 6.55. The van der Waals surface area contributed by atoms with E-state index in [0.717, 1.165) is 23.3 Å². The van der Waals surface area contributed by atoms with Gasteiger partial charge in [-0.1, -0.05) is 29.3 Å². The van der Waals surface area contributed by atoms with Crippen LogP contribution in [0.1, 0.15) is 48.9 Å². The Hall–Kier alpha value is -1.84. The zero-order chi connectivity index (χ0) is 14.2. The Morgan fingerprint density at radius 3 is 2.76 bits per heavy atom. The summed E-state index contributed by atoms with van der Waals surface area (Å²) >= 11 is 0. The van der Waals surface area contributed by atoms with Crippen molar-refractivity contribution in [1.29, 1.82) is 0 Å². The van der Waals surface area contributed by atoms with Gasteiger partial charge in [-0.25, -0.2) is 0 Å². The Labute approximate surface area is 124 Å². The van der Waals surface area contributed by atoms with Crippen molar-refractivity contribution in [1.82, 2.24) is 10.1 Å². The van der Waals surface area contributed by atoms with Gasteiger partial charge in [-0.2, -0.15) is 4.98 Å². The first-order valence-corrected chi connectivity index (χ1v) is 7.91. The molecule has 3 atom stereocenters. The maximum absolute atomic E-state index is 5.41. The van der Waals surface area contributed by atoms with E-state index in [4.69, 9.17) is 4.52 Å². The number of aromatic nitrogens is 2. The molecule has 2 aliphatic carbocycles. The third-order valence-corrected chi connectivity index (χ3v) is 5.05. The molecule has 1 aromatic heterocycles. The van der Waals surface area contributed by atoms with Crippen LogP contribution in [0, 0.1) is 18.8 Å². The van der Waals surface area contributed by atoms with Crippen molar-refractivity contribution < 1.29 is 4.52 Å². The molecular weight excluding hydrogens is 262 g/mol. The molecular formula is C17H21N3O. The number of fused-ring (bicyclic) bond motifs is 2. The number of anilines is 1. The molecule has 4 nitrogen and oxygen atoms in total. The van der Waals surface area contributed by atoms with Crippen molar-refractivity contribution in [3.63, 3.8) is 0 Å². The molecule has 1 heterocycles. The molecule has 2 saturated carbocycles. The SMILES string of the molecule is Cc1ccc(NCc2nc(C3CC4CCC3C4)no2)cc1. The van der Waals surface area contributed by atoms with E-state index in [1.807, 2.05) is 0 Å². The first-order chi connectivity index (χ1) is 10.3. The number of aryl methyl sites for hydroxylation is 1. The number of hydrogen-bond donors (Lipinski definition) is 1. The minimum atomic E-state index is 0.542. The van der Waals surface area contributed by atoms with E-state index in [2.05, 4.69) is 46.6 Å². The van der Waals surface area contributed by atoms with Gasteiger partial charge in [0.25, 0.3) is 0 Å². The topological polar surface area (TPSA) is 51.0 Å². The van der Waals surface area contributed by atoms with Crippen LogP contribution in [0.25, 0.3) is 0 Å². The van der Waals surface area contributed by atoms with Crippen molar-refractivity contribution in [3.8, 4) is 0 Å². The summed E-state index contributed by atoms with van der Waals surface area (Å²) in [6.07, 6.45) is 5.38. The number of nitrogens with zero attached hydrogens (tertiary/aromatic N) is 2. The zero-order valence-electron chi connectivity index (χ0n) is 12.4. The molecule has 2 aromatic rings. The zero-order valence-corrected chi connectivity index (χ0v) is 12.4. The van der Waals surface area contributed by atoms with Gasteiger partial charge in [0, 0.05) is 11.6 Å². The Bertz CT molecular complexity index is 619. The fourth-order valence-electron chi connectivity index (χ4n) is 3.90. The Kier molecular flexibility index (Phi) is 3.17. The highest BCUT2D eigenvalue weighted by Gasteiger charge is 2.42. The lowest BCUT2D eigenvalue weighted by Crippen LogP contribution is -2.10. The molecule has 0 aliphatic heterocycles. The lowest BCUT2D eigenvalue weighted by atomic mass is 9.88. The number of benzene rings is 1. The molecule has 1 aromatic carbocycles. The standard InChI is InChI=1S/C17H21N3O/c1-11-2-6-14(7-3-11)18-10-16-19-17(20-21-16)15-9-12-4-5-13(15)8-12/h2-3,6-7,12-13,15,18H,4-5,8-10H2,1H3. The van der Waals surface area contributed by atoms with Gasteiger partial charge in [-0.05, 0) is 50.2 Å². The predicted octanol–water partition coefficient (Wildman–Crippen LogP) is 3.89. The molecule has 4 rings (SSSR count). The molecule has 2 aliphatic rings. The summed E-state index contributed by atoms with van der Waals surface area (Å²) < 4.78 is 5.41. The summed E-state index contributed by atoms with van der Waals surface area (Å²) in [6, 6.07) is 8.33. The normalized spacial score (nSPS) is 27.2. The van der Waals surface area contributed by atoms with E-state index in [1.165, 1.54) is 31.2 Å². The van der Waals surface area contributed by atoms with E-state index in [9.17, 15) is 0 Å². The average Bonchev–Trinajstić information content (AvgIpc) is 3.22. The van der Waals surface area contributed by atoms with Crippen LogP contribution in [0.15, 0.2) is 28.8 Å². The van der Waals surface area contributed by atoms with E-state index in [-0.39, 0.29) is 0 Å². The molecule has 110 valence electrons. The van der Waals surface area contributed by atoms with Crippen molar-refractivity contribution in [2.45, 2.75) is 45.1 Å². The van der Waals surface area contributed by atoms with Crippen LogP contribution in [-0.2, 0) is 6.54 Å². The summed E-state index contributed by atoms with van der Waals surface area (Å²) in [4.78, 5) is 4.60. The van der Waals surface area contributed by atoms with Gasteiger partial charge < -0.3 is 9.84 Å². The van der Waals surface area contributed by atoms with Crippen LogP contribution in [0.5, 0.6) is 0 Å². The minimum Gasteiger partial charge on any atom is -0.376 e. The lowest BCUT2D eigenvalue weighted by Gasteiger charge is -2.17. The maximum Gasteiger partial charge on any atom is 0.245 e. The minimum absolute atomic E-state index is 0.542. The molecule has 21 heavy (non-hydrogen) atoms. The highest BCUT2D eigenvalue weighted by Crippen LogP contribution is 2.52. The van der Waals surface area contributed by atoms with Gasteiger partial charge >= 0.3 is 0 Å². The van der Waals surface area contributed by atoms with Gasteiger partial charge in [0.15, 0.2) is 5.82 Å². The van der Waals surface area contributed by atoms with Crippen molar-refractivity contribution in [3.05, 3.63) is 41.5 Å². The second-order valence-electron chi connectivity index (χ2n) is 6.55. The fourth-order valence-corrected chi connectivity index (χ4v) is 3.90. The van der Waals surface area contributed by atoms with Gasteiger partial charge in [-0.15, -0.1) is 0 Å². The predicted molar refractivity (Wildman–Crippen MR) is 81.0 cm³/mol. The van der Waals surface area contributed by atoms with Gasteiger partial charge in [-0.3, -0.25) is 0 Å². The fraction of sp³-hybridized carbons (Fsp3) is 0.529. The third-order valence-electron chi connectivity index (χ3n) is 5.05. The van der Waals surface area contributed by atoms with E-state index in [0.29, 0.717) is 18.4 Å². The van der Waals surface area contributed by atoms with E-state index < -0.39 is 0 Å². The summed E-state index contributed by atoms with van der Waals surface area (Å²) in [5, 5.41) is 7.55. The smallest absolute Gasteiger partial charge is 0.245 e. The monoisotopic (exact) mass is 283 g/mol. The van der Waals surface area contributed by atoms with Crippen molar-refractivity contribution in [2.24, 2.45) is 11.8 Å². The molecule has 2 fully saturated rings. The highest BCUT2D eigenvalue weighted by molar-refractivity contribution is 5.44. The van der Waals surface area contributed by atoms with Gasteiger partial charge in [0.2, 0.25) is 5.89 Å². The first-order valence-electron chi connectivity index (χ1n) is 7.91. The maximum atomic E-state index is 5.41. The van der Waals surface area contributed by atoms with Gasteiger partial charge in [0.1, 0.15) is 0 Å². The Balaban J connectivity index is 1.39. The Morgan fingerprint density at radius 1 is 1.19 bits per heavy atom. The average molecular weight is 283 g/mol. The summed E-state index contributed by atoms with van der Waals surface area (Å²) in [5.74, 6) is 3.87. The highest BCUT2D eigenvalue weighted by atomic mass is 16.5. The lowest BCUT2D eigenvalue weighted by molar-refractivity contribution is 0.354. The van der Waals surface area contributed by atoms with E-state index >= 15 is 0 Å². The molecule has 1 N–H and O–H groups in total. The van der Waals surface area contributed by atoms with Crippen molar-refractivity contribution in [2.75, 3.05) is 5.32 Å². The van der Waals surface area contributed by atoms with Gasteiger partial charge in [0.05, 0.1) is 6.54 Å². The number of nitrogens with one attached hydrogen (secondary N) is 1. The second kappa shape index (κ2) is 5.17. The molecule has 2 bridgehead atoms. The van der Waals surface area contributed by atoms with E-state index in [1.54, 1.807) is 0 Å². The van der Waals surface area contributed by atoms with Crippen LogP contribution in [-0.4, -0.2) is 10.1 Å². The largest absolute Gasteiger partial charge is 0.376 e. The third kappa shape index (κ3) is 2.55. The number of rotatable bonds is 4. The van der Waals surface area contributed by atoms with Crippen LogP contribution < -0.4 is 5.32 Å². The molecule has 4 heteroatoms. The number of hydrogen-bond acceptors (Lipinski definition) is 4. The molecule has 3 unspecified atom stereocenters. The Morgan fingerprint density at radius 2 is 2.05 bits per heavy atom. The van der Waals surface area contributed by atoms with Crippen LogP contribution in [0.2, 0.25) is 0 Å². The molecule has 0 radical (unpaired) electrons. The quantitative estimate of drug-likeness (QED) is 0.924.